The molecule has 2 aromatic heterocycles. The summed E-state index contributed by atoms with van der Waals surface area (Å²) < 4.78 is 15.3. The topological polar surface area (TPSA) is 80.1 Å². The van der Waals surface area contributed by atoms with Gasteiger partial charge < -0.3 is 10.2 Å². The van der Waals surface area contributed by atoms with Crippen LogP contribution in [-0.2, 0) is 11.8 Å². The van der Waals surface area contributed by atoms with E-state index in [1.165, 1.54) is 34.5 Å². The highest BCUT2D eigenvalue weighted by molar-refractivity contribution is 7.99. The largest absolute Gasteiger partial charge is 0.348 e. The quantitative estimate of drug-likeness (QED) is 0.476. The van der Waals surface area contributed by atoms with Crippen LogP contribution in [0.5, 0.6) is 0 Å². The molecule has 0 saturated carbocycles. The second-order valence-corrected chi connectivity index (χ2v) is 9.18. The van der Waals surface area contributed by atoms with Crippen LogP contribution in [0.3, 0.4) is 0 Å². The molecule has 1 fully saturated rings. The third kappa shape index (κ3) is 4.34. The highest BCUT2D eigenvalue weighted by atomic mass is 32.2. The van der Waals surface area contributed by atoms with E-state index in [2.05, 4.69) is 20.2 Å². The lowest BCUT2D eigenvalue weighted by Gasteiger charge is -2.25. The number of hydrogen-bond acceptors (Lipinski definition) is 7. The molecular formula is C20H22FN5O2S2. The second-order valence-electron chi connectivity index (χ2n) is 7.28. The van der Waals surface area contributed by atoms with Gasteiger partial charge in [0.2, 0.25) is 5.91 Å². The van der Waals surface area contributed by atoms with Gasteiger partial charge in [-0.25, -0.2) is 14.4 Å². The standard InChI is InChI=1S/C20H22FN5O2S2/c1-12-6-7-14(13(21)10-12)22-15(27)11-29-19-24-17-16(18(28)25(19)2)23-20(30-17)26-8-4-3-5-9-26/h6-7,10H,3-5,8-9,11H2,1-2H3,(H,22,27). The van der Waals surface area contributed by atoms with Crippen LogP contribution in [0.4, 0.5) is 15.2 Å². The molecule has 0 aliphatic carbocycles. The van der Waals surface area contributed by atoms with Crippen molar-refractivity contribution < 1.29 is 9.18 Å². The minimum atomic E-state index is -0.477. The van der Waals surface area contributed by atoms with Gasteiger partial charge >= 0.3 is 0 Å². The third-order valence-corrected chi connectivity index (χ3v) is 6.99. The Balaban J connectivity index is 1.50. The highest BCUT2D eigenvalue weighted by Crippen LogP contribution is 2.29. The summed E-state index contributed by atoms with van der Waals surface area (Å²) in [4.78, 5) is 36.9. The fraction of sp³-hybridized carbons (Fsp3) is 0.400. The van der Waals surface area contributed by atoms with Gasteiger partial charge in [-0.3, -0.25) is 14.2 Å². The van der Waals surface area contributed by atoms with Crippen LogP contribution in [0, 0.1) is 12.7 Å². The molecule has 158 valence electrons. The number of benzene rings is 1. The van der Waals surface area contributed by atoms with Gasteiger partial charge in [-0.05, 0) is 43.9 Å². The molecule has 3 aromatic rings. The Morgan fingerprint density at radius 1 is 1.27 bits per heavy atom. The Labute approximate surface area is 181 Å². The normalized spacial score (nSPS) is 14.3. The van der Waals surface area contributed by atoms with Crippen LogP contribution in [0.25, 0.3) is 10.3 Å². The van der Waals surface area contributed by atoms with Gasteiger partial charge in [-0.2, -0.15) is 0 Å². The number of aryl methyl sites for hydroxylation is 1. The van der Waals surface area contributed by atoms with Gasteiger partial charge in [-0.15, -0.1) is 0 Å². The van der Waals surface area contributed by atoms with Gasteiger partial charge in [-0.1, -0.05) is 29.2 Å². The fourth-order valence-electron chi connectivity index (χ4n) is 3.31. The monoisotopic (exact) mass is 447 g/mol. The molecule has 0 bridgehead atoms. The number of anilines is 2. The minimum absolute atomic E-state index is 0.0108. The van der Waals surface area contributed by atoms with Crippen molar-refractivity contribution in [3.63, 3.8) is 0 Å². The summed E-state index contributed by atoms with van der Waals surface area (Å²) in [7, 11) is 1.62. The zero-order chi connectivity index (χ0) is 21.3. The lowest BCUT2D eigenvalue weighted by atomic mass is 10.1. The fourth-order valence-corrected chi connectivity index (χ4v) is 5.12. The smallest absolute Gasteiger partial charge is 0.281 e. The van der Waals surface area contributed by atoms with Gasteiger partial charge in [0, 0.05) is 20.1 Å². The van der Waals surface area contributed by atoms with Crippen LogP contribution in [0.15, 0.2) is 28.2 Å². The molecule has 0 unspecified atom stereocenters. The maximum Gasteiger partial charge on any atom is 0.281 e. The molecule has 4 rings (SSSR count). The van der Waals surface area contributed by atoms with Crippen molar-refractivity contribution in [2.45, 2.75) is 31.3 Å². The van der Waals surface area contributed by atoms with E-state index >= 15 is 0 Å². The van der Waals surface area contributed by atoms with Crippen LogP contribution in [0.1, 0.15) is 24.8 Å². The molecule has 1 N–H and O–H groups in total. The van der Waals surface area contributed by atoms with Crippen molar-refractivity contribution in [3.05, 3.63) is 39.9 Å². The molecule has 10 heteroatoms. The number of amides is 1. The van der Waals surface area contributed by atoms with E-state index in [-0.39, 0.29) is 22.9 Å². The molecule has 1 aliphatic rings. The number of fused-ring (bicyclic) bond motifs is 1. The maximum atomic E-state index is 13.9. The summed E-state index contributed by atoms with van der Waals surface area (Å²) in [6, 6.07) is 4.63. The van der Waals surface area contributed by atoms with Crippen LogP contribution in [0.2, 0.25) is 0 Å². The first kappa shape index (κ1) is 20.8. The number of carbonyl (C=O) groups excluding carboxylic acids is 1. The predicted octanol–water partition coefficient (Wildman–Crippen LogP) is 3.56. The zero-order valence-electron chi connectivity index (χ0n) is 16.8. The lowest BCUT2D eigenvalue weighted by molar-refractivity contribution is -0.113. The van der Waals surface area contributed by atoms with E-state index in [0.29, 0.717) is 15.5 Å². The third-order valence-electron chi connectivity index (χ3n) is 4.95. The summed E-state index contributed by atoms with van der Waals surface area (Å²) in [5.74, 6) is -0.831. The highest BCUT2D eigenvalue weighted by Gasteiger charge is 2.19. The number of hydrogen-bond donors (Lipinski definition) is 1. The van der Waals surface area contributed by atoms with E-state index in [9.17, 15) is 14.0 Å². The summed E-state index contributed by atoms with van der Waals surface area (Å²) >= 11 is 2.55. The Morgan fingerprint density at radius 3 is 2.77 bits per heavy atom. The minimum Gasteiger partial charge on any atom is -0.348 e. The van der Waals surface area contributed by atoms with Crippen molar-refractivity contribution in [2.75, 3.05) is 29.1 Å². The number of thioether (sulfide) groups is 1. The first-order valence-corrected chi connectivity index (χ1v) is 11.5. The number of halogens is 1. The van der Waals surface area contributed by atoms with Crippen LogP contribution < -0.4 is 15.8 Å². The average Bonchev–Trinajstić information content (AvgIpc) is 3.17. The molecule has 1 amide bonds. The molecule has 0 spiro atoms. The summed E-state index contributed by atoms with van der Waals surface area (Å²) in [5.41, 5.74) is 1.04. The van der Waals surface area contributed by atoms with E-state index in [4.69, 9.17) is 0 Å². The SMILES string of the molecule is Cc1ccc(NC(=O)CSc2nc3sc(N4CCCCC4)nc3c(=O)n2C)c(F)c1. The molecule has 30 heavy (non-hydrogen) atoms. The van der Waals surface area contributed by atoms with Gasteiger partial charge in [0.15, 0.2) is 20.6 Å². The molecule has 0 radical (unpaired) electrons. The van der Waals surface area contributed by atoms with Gasteiger partial charge in [0.25, 0.3) is 5.56 Å². The average molecular weight is 448 g/mol. The maximum absolute atomic E-state index is 13.9. The molecule has 0 atom stereocenters. The molecule has 3 heterocycles. The summed E-state index contributed by atoms with van der Waals surface area (Å²) in [5, 5.41) is 3.81. The summed E-state index contributed by atoms with van der Waals surface area (Å²) in [6.45, 7) is 3.66. The zero-order valence-corrected chi connectivity index (χ0v) is 18.4. The van der Waals surface area contributed by atoms with Crippen LogP contribution >= 0.6 is 23.1 Å². The molecule has 1 aromatic carbocycles. The van der Waals surface area contributed by atoms with Crippen molar-refractivity contribution >= 4 is 50.2 Å². The molecule has 1 saturated heterocycles. The van der Waals surface area contributed by atoms with Gasteiger partial charge in [0.05, 0.1) is 11.4 Å². The van der Waals surface area contributed by atoms with Crippen molar-refractivity contribution in [2.24, 2.45) is 7.05 Å². The lowest BCUT2D eigenvalue weighted by Crippen LogP contribution is -2.29. The van der Waals surface area contributed by atoms with E-state index in [1.807, 2.05) is 0 Å². The number of nitrogens with one attached hydrogen (secondary N) is 1. The Kier molecular flexibility index (Phi) is 6.05. The Morgan fingerprint density at radius 2 is 2.03 bits per heavy atom. The van der Waals surface area contributed by atoms with Crippen molar-refractivity contribution in [1.82, 2.24) is 14.5 Å². The van der Waals surface area contributed by atoms with E-state index in [1.54, 1.807) is 20.0 Å². The Hall–Kier alpha value is -2.46. The number of aromatic nitrogens is 3. The number of rotatable bonds is 5. The Bertz CT molecular complexity index is 1150. The second kappa shape index (κ2) is 8.73. The molecular weight excluding hydrogens is 425 g/mol. The molecule has 1 aliphatic heterocycles. The summed E-state index contributed by atoms with van der Waals surface area (Å²) in [6.07, 6.45) is 3.47. The predicted molar refractivity (Wildman–Crippen MR) is 119 cm³/mol. The van der Waals surface area contributed by atoms with Gasteiger partial charge in [0.1, 0.15) is 5.82 Å². The van der Waals surface area contributed by atoms with E-state index < -0.39 is 5.82 Å². The first-order chi connectivity index (χ1) is 14.4. The number of piperidine rings is 1. The number of carbonyl (C=O) groups is 1. The molecule has 7 nitrogen and oxygen atoms in total. The van der Waals surface area contributed by atoms with Crippen molar-refractivity contribution in [3.8, 4) is 0 Å². The van der Waals surface area contributed by atoms with Crippen molar-refractivity contribution in [1.29, 1.82) is 0 Å². The number of thiazole rings is 1. The van der Waals surface area contributed by atoms with Crippen LogP contribution in [-0.4, -0.2) is 39.3 Å². The van der Waals surface area contributed by atoms with E-state index in [0.717, 1.165) is 48.4 Å². The first-order valence-electron chi connectivity index (χ1n) is 9.73. The number of nitrogens with zero attached hydrogens (tertiary/aromatic N) is 4.